The van der Waals surface area contributed by atoms with E-state index in [4.69, 9.17) is 0 Å². The molecule has 2 aromatic heterocycles. The van der Waals surface area contributed by atoms with Gasteiger partial charge in [0.05, 0.1) is 0 Å². The van der Waals surface area contributed by atoms with E-state index in [1.807, 2.05) is 6.92 Å². The molecule has 0 radical (unpaired) electrons. The first kappa shape index (κ1) is 13.5. The van der Waals surface area contributed by atoms with Crippen LogP contribution in [0.25, 0.3) is 5.78 Å². The molecule has 1 atom stereocenters. The molecule has 8 nitrogen and oxygen atoms in total. The average Bonchev–Trinajstić information content (AvgIpc) is 3.18. The van der Waals surface area contributed by atoms with Gasteiger partial charge in [0.1, 0.15) is 5.54 Å². The Morgan fingerprint density at radius 3 is 2.76 bits per heavy atom. The fraction of sp³-hybridized carbons (Fsp3) is 0.462. The minimum absolute atomic E-state index is 0.0455. The zero-order valence-corrected chi connectivity index (χ0v) is 11.7. The number of aromatic nitrogens is 4. The van der Waals surface area contributed by atoms with E-state index < -0.39 is 17.4 Å². The third kappa shape index (κ3) is 2.22. The molecular weight excluding hydrogens is 274 g/mol. The number of aryl methyl sites for hydroxylation is 1. The SMILES string of the molecule is Cc1ccnc2nc(C(=O)NC(C)(C(=O)O)C3CC3)nn12. The normalized spacial score (nSPS) is 17.4. The van der Waals surface area contributed by atoms with Crippen LogP contribution in [0.3, 0.4) is 0 Å². The first-order valence-corrected chi connectivity index (χ1v) is 6.66. The van der Waals surface area contributed by atoms with Crippen molar-refractivity contribution in [3.8, 4) is 0 Å². The van der Waals surface area contributed by atoms with E-state index in [0.29, 0.717) is 5.78 Å². The standard InChI is InChI=1S/C13H15N5O3/c1-7-5-6-14-12-15-9(17-18(7)12)10(19)16-13(2,11(20)21)8-3-4-8/h5-6,8H,3-4H2,1-2H3,(H,16,19)(H,20,21). The number of rotatable bonds is 4. The maximum atomic E-state index is 12.2. The minimum atomic E-state index is -1.28. The van der Waals surface area contributed by atoms with Crippen LogP contribution in [-0.2, 0) is 4.79 Å². The zero-order valence-electron chi connectivity index (χ0n) is 11.7. The van der Waals surface area contributed by atoms with Gasteiger partial charge in [-0.3, -0.25) is 4.79 Å². The molecule has 0 aliphatic heterocycles. The van der Waals surface area contributed by atoms with Crippen molar-refractivity contribution < 1.29 is 14.7 Å². The van der Waals surface area contributed by atoms with Gasteiger partial charge in [0.15, 0.2) is 0 Å². The molecule has 21 heavy (non-hydrogen) atoms. The van der Waals surface area contributed by atoms with Gasteiger partial charge < -0.3 is 10.4 Å². The van der Waals surface area contributed by atoms with Gasteiger partial charge in [-0.25, -0.2) is 14.3 Å². The van der Waals surface area contributed by atoms with E-state index in [-0.39, 0.29) is 11.7 Å². The van der Waals surface area contributed by atoms with Crippen LogP contribution in [0.2, 0.25) is 0 Å². The van der Waals surface area contributed by atoms with Crippen LogP contribution in [0.5, 0.6) is 0 Å². The van der Waals surface area contributed by atoms with Crippen molar-refractivity contribution >= 4 is 17.7 Å². The van der Waals surface area contributed by atoms with Crippen molar-refractivity contribution in [2.45, 2.75) is 32.2 Å². The molecule has 2 heterocycles. The Hall–Kier alpha value is -2.51. The van der Waals surface area contributed by atoms with Gasteiger partial charge >= 0.3 is 5.97 Å². The lowest BCUT2D eigenvalue weighted by atomic mass is 9.96. The van der Waals surface area contributed by atoms with E-state index in [2.05, 4.69) is 20.4 Å². The van der Waals surface area contributed by atoms with E-state index in [0.717, 1.165) is 18.5 Å². The van der Waals surface area contributed by atoms with Crippen molar-refractivity contribution in [3.05, 3.63) is 23.8 Å². The number of hydrogen-bond acceptors (Lipinski definition) is 5. The number of carbonyl (C=O) groups is 2. The average molecular weight is 289 g/mol. The van der Waals surface area contributed by atoms with Crippen molar-refractivity contribution in [2.75, 3.05) is 0 Å². The van der Waals surface area contributed by atoms with Crippen molar-refractivity contribution in [1.29, 1.82) is 0 Å². The Morgan fingerprint density at radius 1 is 1.48 bits per heavy atom. The van der Waals surface area contributed by atoms with Crippen LogP contribution < -0.4 is 5.32 Å². The lowest BCUT2D eigenvalue weighted by Crippen LogP contribution is -2.54. The van der Waals surface area contributed by atoms with Gasteiger partial charge in [0.25, 0.3) is 11.7 Å². The van der Waals surface area contributed by atoms with Gasteiger partial charge in [0.2, 0.25) is 5.82 Å². The molecule has 8 heteroatoms. The second kappa shape index (κ2) is 4.51. The third-order valence-electron chi connectivity index (χ3n) is 3.84. The molecule has 1 fully saturated rings. The topological polar surface area (TPSA) is 109 Å². The summed E-state index contributed by atoms with van der Waals surface area (Å²) in [5.41, 5.74) is -0.494. The monoisotopic (exact) mass is 289 g/mol. The molecule has 1 aliphatic rings. The van der Waals surface area contributed by atoms with Gasteiger partial charge in [-0.1, -0.05) is 0 Å². The molecule has 0 aromatic carbocycles. The maximum absolute atomic E-state index is 12.2. The summed E-state index contributed by atoms with van der Waals surface area (Å²) in [7, 11) is 0. The molecule has 0 spiro atoms. The Morgan fingerprint density at radius 2 is 2.19 bits per heavy atom. The van der Waals surface area contributed by atoms with Crippen LogP contribution in [0, 0.1) is 12.8 Å². The quantitative estimate of drug-likeness (QED) is 0.844. The van der Waals surface area contributed by atoms with Crippen molar-refractivity contribution in [3.63, 3.8) is 0 Å². The summed E-state index contributed by atoms with van der Waals surface area (Å²) in [4.78, 5) is 31.7. The number of aliphatic carboxylic acids is 1. The zero-order chi connectivity index (χ0) is 15.2. The summed E-state index contributed by atoms with van der Waals surface area (Å²) in [6.07, 6.45) is 3.16. The number of carbonyl (C=O) groups excluding carboxylic acids is 1. The molecule has 2 N–H and O–H groups in total. The van der Waals surface area contributed by atoms with Crippen LogP contribution in [0.4, 0.5) is 0 Å². The van der Waals surface area contributed by atoms with Crippen molar-refractivity contribution in [1.82, 2.24) is 24.9 Å². The number of nitrogens with one attached hydrogen (secondary N) is 1. The second-order valence-corrected chi connectivity index (χ2v) is 5.47. The summed E-state index contributed by atoms with van der Waals surface area (Å²) >= 11 is 0. The molecule has 0 saturated heterocycles. The molecule has 1 amide bonds. The van der Waals surface area contributed by atoms with E-state index >= 15 is 0 Å². The highest BCUT2D eigenvalue weighted by Gasteiger charge is 2.49. The minimum Gasteiger partial charge on any atom is -0.480 e. The highest BCUT2D eigenvalue weighted by atomic mass is 16.4. The molecule has 0 bridgehead atoms. The lowest BCUT2D eigenvalue weighted by Gasteiger charge is -2.25. The lowest BCUT2D eigenvalue weighted by molar-refractivity contribution is -0.144. The third-order valence-corrected chi connectivity index (χ3v) is 3.84. The maximum Gasteiger partial charge on any atom is 0.329 e. The fourth-order valence-electron chi connectivity index (χ4n) is 2.29. The highest BCUT2D eigenvalue weighted by Crippen LogP contribution is 2.39. The summed E-state index contributed by atoms with van der Waals surface area (Å²) in [6, 6.07) is 1.74. The molecule has 1 saturated carbocycles. The first-order chi connectivity index (χ1) is 9.91. The molecular formula is C13H15N5O3. The van der Waals surface area contributed by atoms with Gasteiger partial charge in [-0.05, 0) is 38.7 Å². The predicted molar refractivity (Wildman–Crippen MR) is 71.8 cm³/mol. The molecule has 1 aliphatic carbocycles. The molecule has 110 valence electrons. The summed E-state index contributed by atoms with van der Waals surface area (Å²) < 4.78 is 1.45. The predicted octanol–water partition coefficient (Wildman–Crippen LogP) is 0.416. The second-order valence-electron chi connectivity index (χ2n) is 5.47. The van der Waals surface area contributed by atoms with E-state index in [1.165, 1.54) is 11.4 Å². The Kier molecular flexibility index (Phi) is 2.89. The number of fused-ring (bicyclic) bond motifs is 1. The summed E-state index contributed by atoms with van der Waals surface area (Å²) in [5.74, 6) is -1.46. The number of carboxylic acids is 1. The largest absolute Gasteiger partial charge is 0.480 e. The first-order valence-electron chi connectivity index (χ1n) is 6.66. The van der Waals surface area contributed by atoms with E-state index in [1.54, 1.807) is 12.3 Å². The van der Waals surface area contributed by atoms with Crippen LogP contribution in [0.15, 0.2) is 12.3 Å². The van der Waals surface area contributed by atoms with Crippen LogP contribution in [-0.4, -0.2) is 42.1 Å². The smallest absolute Gasteiger partial charge is 0.329 e. The van der Waals surface area contributed by atoms with Gasteiger partial charge in [0, 0.05) is 11.9 Å². The van der Waals surface area contributed by atoms with Crippen LogP contribution in [0.1, 0.15) is 36.1 Å². The number of nitrogens with zero attached hydrogens (tertiary/aromatic N) is 4. The molecule has 3 rings (SSSR count). The number of carboxylic acid groups (broad SMARTS) is 1. The highest BCUT2D eigenvalue weighted by molar-refractivity contribution is 5.95. The fourth-order valence-corrected chi connectivity index (χ4v) is 2.29. The van der Waals surface area contributed by atoms with Crippen molar-refractivity contribution in [2.24, 2.45) is 5.92 Å². The Bertz CT molecular complexity index is 736. The number of amides is 1. The molecule has 1 unspecified atom stereocenters. The van der Waals surface area contributed by atoms with E-state index in [9.17, 15) is 14.7 Å². The van der Waals surface area contributed by atoms with Gasteiger partial charge in [-0.2, -0.15) is 4.98 Å². The van der Waals surface area contributed by atoms with Crippen LogP contribution >= 0.6 is 0 Å². The molecule has 2 aromatic rings. The summed E-state index contributed by atoms with van der Waals surface area (Å²) in [6.45, 7) is 3.33. The Balaban J connectivity index is 1.90. The Labute approximate surface area is 120 Å². The van der Waals surface area contributed by atoms with Gasteiger partial charge in [-0.15, -0.1) is 5.10 Å². The summed E-state index contributed by atoms with van der Waals surface area (Å²) in [5, 5.41) is 16.0. The number of hydrogen-bond donors (Lipinski definition) is 2.